The lowest BCUT2D eigenvalue weighted by molar-refractivity contribution is 0.0953. The van der Waals surface area contributed by atoms with E-state index in [0.717, 1.165) is 53.7 Å². The molecule has 7 heteroatoms. The lowest BCUT2D eigenvalue weighted by Gasteiger charge is -2.10. The molecule has 0 atom stereocenters. The third-order valence-electron chi connectivity index (χ3n) is 5.49. The second kappa shape index (κ2) is 8.47. The van der Waals surface area contributed by atoms with Crippen molar-refractivity contribution < 1.29 is 4.79 Å². The molecule has 0 unspecified atom stereocenters. The van der Waals surface area contributed by atoms with Crippen LogP contribution in [0.2, 0.25) is 5.02 Å². The zero-order valence-electron chi connectivity index (χ0n) is 16.9. The maximum Gasteiger partial charge on any atom is 0.251 e. The van der Waals surface area contributed by atoms with Crippen molar-refractivity contribution in [3.63, 3.8) is 0 Å². The van der Waals surface area contributed by atoms with Gasteiger partial charge >= 0.3 is 0 Å². The number of rotatable bonds is 7. The molecule has 0 bridgehead atoms. The summed E-state index contributed by atoms with van der Waals surface area (Å²) in [5.41, 5.74) is 3.39. The zero-order valence-corrected chi connectivity index (χ0v) is 17.7. The second-order valence-electron chi connectivity index (χ2n) is 7.84. The van der Waals surface area contributed by atoms with Gasteiger partial charge < -0.3 is 10.3 Å². The van der Waals surface area contributed by atoms with E-state index in [-0.39, 0.29) is 5.91 Å². The molecule has 2 aromatic heterocycles. The predicted octanol–water partition coefficient (Wildman–Crippen LogP) is 4.91. The van der Waals surface area contributed by atoms with Gasteiger partial charge in [-0.05, 0) is 55.7 Å². The van der Waals surface area contributed by atoms with Crippen LogP contribution in [0.5, 0.6) is 0 Å². The molecule has 1 fully saturated rings. The maximum absolute atomic E-state index is 12.7. The van der Waals surface area contributed by atoms with Crippen molar-refractivity contribution in [3.8, 4) is 11.4 Å². The highest BCUT2D eigenvalue weighted by Crippen LogP contribution is 2.42. The number of nitrogens with zero attached hydrogens (tertiary/aromatic N) is 3. The van der Waals surface area contributed by atoms with E-state index in [4.69, 9.17) is 21.6 Å². The molecule has 0 radical (unpaired) electrons. The molecule has 5 rings (SSSR count). The number of carbonyl (C=O) groups is 1. The van der Waals surface area contributed by atoms with Crippen LogP contribution >= 0.6 is 11.6 Å². The number of aromatic nitrogens is 4. The van der Waals surface area contributed by atoms with Gasteiger partial charge in [-0.2, -0.15) is 0 Å². The van der Waals surface area contributed by atoms with Gasteiger partial charge in [0.15, 0.2) is 5.82 Å². The molecule has 2 N–H and O–H groups in total. The SMILES string of the molecule is O=C(NCCCc1ncc[nH]1)c1ccc2c(C3CC3)nc(-c3ccc(Cl)cc3)nc2c1. The number of hydrogen-bond donors (Lipinski definition) is 2. The summed E-state index contributed by atoms with van der Waals surface area (Å²) in [6.45, 7) is 0.588. The van der Waals surface area contributed by atoms with Crippen LogP contribution in [-0.2, 0) is 6.42 Å². The summed E-state index contributed by atoms with van der Waals surface area (Å²) < 4.78 is 0. The third kappa shape index (κ3) is 4.44. The first-order chi connectivity index (χ1) is 15.2. The molecule has 2 aromatic carbocycles. The standard InChI is InChI=1S/C24H22ClN5O/c25-18-8-5-16(6-9-18)23-29-20-14-17(7-10-19(20)22(30-23)15-3-4-15)24(31)28-11-1-2-21-26-12-13-27-21/h5-10,12-15H,1-4,11H2,(H,26,27)(H,28,31). The quantitative estimate of drug-likeness (QED) is 0.407. The summed E-state index contributed by atoms with van der Waals surface area (Å²) in [5, 5.41) is 4.69. The molecule has 0 aliphatic heterocycles. The van der Waals surface area contributed by atoms with E-state index in [9.17, 15) is 4.79 Å². The zero-order chi connectivity index (χ0) is 21.2. The highest BCUT2D eigenvalue weighted by Gasteiger charge is 2.28. The highest BCUT2D eigenvalue weighted by atomic mass is 35.5. The molecular weight excluding hydrogens is 410 g/mol. The Morgan fingerprint density at radius 1 is 1.13 bits per heavy atom. The number of benzene rings is 2. The first-order valence-corrected chi connectivity index (χ1v) is 10.9. The number of H-pyrrole nitrogens is 1. The first kappa shape index (κ1) is 19.7. The Balaban J connectivity index is 1.38. The molecule has 1 saturated carbocycles. The van der Waals surface area contributed by atoms with Crippen LogP contribution in [0, 0.1) is 0 Å². The van der Waals surface area contributed by atoms with E-state index in [1.54, 1.807) is 12.4 Å². The summed E-state index contributed by atoms with van der Waals surface area (Å²) in [4.78, 5) is 29.6. The average Bonchev–Trinajstić information content (AvgIpc) is 3.51. The van der Waals surface area contributed by atoms with Gasteiger partial charge in [0.05, 0.1) is 11.2 Å². The molecule has 1 amide bonds. The van der Waals surface area contributed by atoms with Crippen LogP contribution in [0.1, 0.15) is 47.1 Å². The van der Waals surface area contributed by atoms with Crippen molar-refractivity contribution in [2.24, 2.45) is 0 Å². The molecule has 4 aromatic rings. The van der Waals surface area contributed by atoms with Gasteiger partial charge in [0.1, 0.15) is 5.82 Å². The topological polar surface area (TPSA) is 83.6 Å². The Morgan fingerprint density at radius 3 is 2.71 bits per heavy atom. The molecule has 0 saturated heterocycles. The Hall–Kier alpha value is -3.25. The monoisotopic (exact) mass is 431 g/mol. The third-order valence-corrected chi connectivity index (χ3v) is 5.74. The van der Waals surface area contributed by atoms with Crippen molar-refractivity contribution in [2.45, 2.75) is 31.6 Å². The fourth-order valence-corrected chi connectivity index (χ4v) is 3.81. The molecule has 6 nitrogen and oxygen atoms in total. The van der Waals surface area contributed by atoms with E-state index in [1.807, 2.05) is 42.5 Å². The van der Waals surface area contributed by atoms with Crippen LogP contribution in [0.4, 0.5) is 0 Å². The van der Waals surface area contributed by atoms with Gasteiger partial charge in [0.2, 0.25) is 0 Å². The number of hydrogen-bond acceptors (Lipinski definition) is 4. The lowest BCUT2D eigenvalue weighted by Crippen LogP contribution is -2.24. The van der Waals surface area contributed by atoms with E-state index >= 15 is 0 Å². The van der Waals surface area contributed by atoms with E-state index in [0.29, 0.717) is 28.9 Å². The highest BCUT2D eigenvalue weighted by molar-refractivity contribution is 6.30. The smallest absolute Gasteiger partial charge is 0.251 e. The number of aromatic amines is 1. The fraction of sp³-hybridized carbons (Fsp3) is 0.250. The van der Waals surface area contributed by atoms with Crippen LogP contribution in [0.15, 0.2) is 54.9 Å². The van der Waals surface area contributed by atoms with E-state index < -0.39 is 0 Å². The maximum atomic E-state index is 12.7. The summed E-state index contributed by atoms with van der Waals surface area (Å²) in [6.07, 6.45) is 7.45. The van der Waals surface area contributed by atoms with Crippen molar-refractivity contribution in [3.05, 3.63) is 77.0 Å². The fourth-order valence-electron chi connectivity index (χ4n) is 3.69. The largest absolute Gasteiger partial charge is 0.352 e. The van der Waals surface area contributed by atoms with Crippen molar-refractivity contribution >= 4 is 28.4 Å². The van der Waals surface area contributed by atoms with Gasteiger partial charge in [-0.3, -0.25) is 4.79 Å². The lowest BCUT2D eigenvalue weighted by atomic mass is 10.1. The molecule has 2 heterocycles. The van der Waals surface area contributed by atoms with Crippen LogP contribution < -0.4 is 5.32 Å². The van der Waals surface area contributed by atoms with Gasteiger partial charge in [0, 0.05) is 52.8 Å². The number of nitrogens with one attached hydrogen (secondary N) is 2. The Labute approximate surface area is 185 Å². The minimum atomic E-state index is -0.0963. The molecule has 1 aliphatic carbocycles. The predicted molar refractivity (Wildman–Crippen MR) is 121 cm³/mol. The molecule has 1 aliphatic rings. The van der Waals surface area contributed by atoms with Gasteiger partial charge in [0.25, 0.3) is 5.91 Å². The Morgan fingerprint density at radius 2 is 1.97 bits per heavy atom. The number of fused-ring (bicyclic) bond motifs is 1. The van der Waals surface area contributed by atoms with E-state index in [2.05, 4.69) is 15.3 Å². The summed E-state index contributed by atoms with van der Waals surface area (Å²) in [5.74, 6) is 1.97. The van der Waals surface area contributed by atoms with Gasteiger partial charge in [-0.25, -0.2) is 15.0 Å². The van der Waals surface area contributed by atoms with Crippen molar-refractivity contribution in [2.75, 3.05) is 6.54 Å². The van der Waals surface area contributed by atoms with Crippen LogP contribution in [-0.4, -0.2) is 32.4 Å². The van der Waals surface area contributed by atoms with Gasteiger partial charge in [-0.15, -0.1) is 0 Å². The molecule has 31 heavy (non-hydrogen) atoms. The minimum absolute atomic E-state index is 0.0963. The minimum Gasteiger partial charge on any atom is -0.352 e. The number of aryl methyl sites for hydroxylation is 1. The van der Waals surface area contributed by atoms with Crippen LogP contribution in [0.25, 0.3) is 22.3 Å². The Bertz CT molecular complexity index is 1220. The summed E-state index contributed by atoms with van der Waals surface area (Å²) in [7, 11) is 0. The number of imidazole rings is 1. The van der Waals surface area contributed by atoms with Crippen molar-refractivity contribution in [1.82, 2.24) is 25.3 Å². The molecule has 0 spiro atoms. The second-order valence-corrected chi connectivity index (χ2v) is 8.28. The summed E-state index contributed by atoms with van der Waals surface area (Å²) in [6, 6.07) is 13.2. The average molecular weight is 432 g/mol. The first-order valence-electron chi connectivity index (χ1n) is 10.5. The molecular formula is C24H22ClN5O. The number of halogens is 1. The Kier molecular flexibility index (Phi) is 5.38. The van der Waals surface area contributed by atoms with Gasteiger partial charge in [-0.1, -0.05) is 17.7 Å². The summed E-state index contributed by atoms with van der Waals surface area (Å²) >= 11 is 6.03. The van der Waals surface area contributed by atoms with Crippen LogP contribution in [0.3, 0.4) is 0 Å². The van der Waals surface area contributed by atoms with Crippen molar-refractivity contribution in [1.29, 1.82) is 0 Å². The normalized spacial score (nSPS) is 13.5. The molecule has 156 valence electrons. The number of carbonyl (C=O) groups excluding carboxylic acids is 1. The number of amides is 1. The van der Waals surface area contributed by atoms with E-state index in [1.165, 1.54) is 0 Å².